The number of anilines is 1. The minimum absolute atomic E-state index is 0.0767. The van der Waals surface area contributed by atoms with Crippen molar-refractivity contribution in [3.05, 3.63) is 35.9 Å². The molecule has 0 saturated carbocycles. The van der Waals surface area contributed by atoms with Gasteiger partial charge in [0.05, 0.1) is 4.90 Å². The van der Waals surface area contributed by atoms with E-state index >= 15 is 0 Å². The summed E-state index contributed by atoms with van der Waals surface area (Å²) < 4.78 is 28.6. The Kier molecular flexibility index (Phi) is 9.30. The first kappa shape index (κ1) is 26.4. The standard InChI is InChI=1S/C24H40N4O3S/c1-18(2)9-7-11-25-21-13-20(14-22(15-21)32(30,31)27-24(3,4)5)23(29)26-16-19-10-8-12-28(6)17-19/h7,9,13-15,18-19,25,27H,8,10-12,16-17H2,1-6H3,(H,26,29). The minimum Gasteiger partial charge on any atom is -0.382 e. The van der Waals surface area contributed by atoms with Crippen molar-refractivity contribution in [2.45, 2.75) is 57.9 Å². The van der Waals surface area contributed by atoms with E-state index in [0.717, 1.165) is 25.9 Å². The van der Waals surface area contributed by atoms with Crippen LogP contribution in [0.5, 0.6) is 0 Å². The average molecular weight is 465 g/mol. The lowest BCUT2D eigenvalue weighted by Gasteiger charge is -2.29. The molecular formula is C24H40N4O3S. The molecule has 180 valence electrons. The number of piperidine rings is 1. The van der Waals surface area contributed by atoms with Gasteiger partial charge in [-0.2, -0.15) is 0 Å². The van der Waals surface area contributed by atoms with Gasteiger partial charge in [0.15, 0.2) is 0 Å². The normalized spacial score (nSPS) is 18.3. The topological polar surface area (TPSA) is 90.5 Å². The first-order valence-electron chi connectivity index (χ1n) is 11.4. The minimum atomic E-state index is -3.78. The predicted molar refractivity (Wildman–Crippen MR) is 132 cm³/mol. The number of carbonyl (C=O) groups excluding carboxylic acids is 1. The monoisotopic (exact) mass is 464 g/mol. The molecule has 0 radical (unpaired) electrons. The van der Waals surface area contributed by atoms with Gasteiger partial charge in [-0.05, 0) is 77.2 Å². The van der Waals surface area contributed by atoms with Crippen LogP contribution in [0, 0.1) is 11.8 Å². The van der Waals surface area contributed by atoms with E-state index < -0.39 is 15.6 Å². The third kappa shape index (κ3) is 8.92. The van der Waals surface area contributed by atoms with Crippen LogP contribution in [0.4, 0.5) is 5.69 Å². The molecule has 1 aromatic rings. The molecule has 1 saturated heterocycles. The molecule has 1 aliphatic heterocycles. The average Bonchev–Trinajstić information content (AvgIpc) is 2.67. The Hall–Kier alpha value is -1.90. The van der Waals surface area contributed by atoms with Gasteiger partial charge in [0.25, 0.3) is 5.91 Å². The van der Waals surface area contributed by atoms with Crippen molar-refractivity contribution in [3.8, 4) is 0 Å². The van der Waals surface area contributed by atoms with Crippen molar-refractivity contribution in [3.63, 3.8) is 0 Å². The van der Waals surface area contributed by atoms with Crippen molar-refractivity contribution < 1.29 is 13.2 Å². The van der Waals surface area contributed by atoms with Gasteiger partial charge in [0.2, 0.25) is 10.0 Å². The molecule has 8 heteroatoms. The molecule has 1 unspecified atom stereocenters. The number of hydrogen-bond acceptors (Lipinski definition) is 5. The highest BCUT2D eigenvalue weighted by atomic mass is 32.2. The van der Waals surface area contributed by atoms with Crippen LogP contribution in [0.3, 0.4) is 0 Å². The number of hydrogen-bond donors (Lipinski definition) is 3. The number of allylic oxidation sites excluding steroid dienone is 1. The van der Waals surface area contributed by atoms with Crippen LogP contribution >= 0.6 is 0 Å². The highest BCUT2D eigenvalue weighted by molar-refractivity contribution is 7.89. The lowest BCUT2D eigenvalue weighted by molar-refractivity contribution is 0.0936. The second kappa shape index (κ2) is 11.3. The molecule has 0 aromatic heterocycles. The van der Waals surface area contributed by atoms with Gasteiger partial charge in [-0.1, -0.05) is 26.0 Å². The summed E-state index contributed by atoms with van der Waals surface area (Å²) >= 11 is 0. The lowest BCUT2D eigenvalue weighted by Crippen LogP contribution is -2.40. The number of rotatable bonds is 9. The molecule has 1 fully saturated rings. The number of likely N-dealkylation sites (tertiary alicyclic amines) is 1. The second-order valence-corrected chi connectivity index (χ2v) is 11.8. The Bertz CT molecular complexity index is 904. The van der Waals surface area contributed by atoms with E-state index in [4.69, 9.17) is 0 Å². The van der Waals surface area contributed by atoms with Crippen molar-refractivity contribution >= 4 is 21.6 Å². The van der Waals surface area contributed by atoms with Crippen LogP contribution in [-0.4, -0.2) is 58.0 Å². The Morgan fingerprint density at radius 1 is 1.25 bits per heavy atom. The molecule has 7 nitrogen and oxygen atoms in total. The molecule has 1 aliphatic rings. The summed E-state index contributed by atoms with van der Waals surface area (Å²) in [6.45, 7) is 12.7. The Morgan fingerprint density at radius 3 is 2.59 bits per heavy atom. The van der Waals surface area contributed by atoms with Crippen molar-refractivity contribution in [1.29, 1.82) is 0 Å². The summed E-state index contributed by atoms with van der Waals surface area (Å²) in [6, 6.07) is 4.73. The van der Waals surface area contributed by atoms with Gasteiger partial charge in [-0.15, -0.1) is 0 Å². The quantitative estimate of drug-likeness (QED) is 0.487. The zero-order valence-electron chi connectivity index (χ0n) is 20.4. The van der Waals surface area contributed by atoms with Gasteiger partial charge in [0, 0.05) is 36.4 Å². The molecular weight excluding hydrogens is 424 g/mol. The van der Waals surface area contributed by atoms with E-state index in [2.05, 4.69) is 47.2 Å². The van der Waals surface area contributed by atoms with Crippen molar-refractivity contribution in [1.82, 2.24) is 14.9 Å². The van der Waals surface area contributed by atoms with Gasteiger partial charge in [-0.3, -0.25) is 4.79 Å². The van der Waals surface area contributed by atoms with Gasteiger partial charge in [-0.25, -0.2) is 13.1 Å². The first-order valence-corrected chi connectivity index (χ1v) is 12.9. The first-order chi connectivity index (χ1) is 14.9. The second-order valence-electron chi connectivity index (χ2n) is 10.1. The molecule has 0 spiro atoms. The third-order valence-corrected chi connectivity index (χ3v) is 6.88. The Balaban J connectivity index is 2.23. The SMILES string of the molecule is CC(C)C=CCNc1cc(C(=O)NCC2CCCN(C)C2)cc(S(=O)(=O)NC(C)(C)C)c1. The number of carbonyl (C=O) groups is 1. The molecule has 1 heterocycles. The summed E-state index contributed by atoms with van der Waals surface area (Å²) in [5, 5.41) is 6.22. The van der Waals surface area contributed by atoms with Crippen LogP contribution in [-0.2, 0) is 10.0 Å². The largest absolute Gasteiger partial charge is 0.382 e. The molecule has 1 atom stereocenters. The van der Waals surface area contributed by atoms with Crippen LogP contribution in [0.2, 0.25) is 0 Å². The summed E-state index contributed by atoms with van der Waals surface area (Å²) in [5.41, 5.74) is 0.302. The van der Waals surface area contributed by atoms with Crippen LogP contribution in [0.15, 0.2) is 35.2 Å². The van der Waals surface area contributed by atoms with Gasteiger partial charge in [0.1, 0.15) is 0 Å². The number of sulfonamides is 1. The number of benzene rings is 1. The maximum Gasteiger partial charge on any atom is 0.251 e. The summed E-state index contributed by atoms with van der Waals surface area (Å²) in [4.78, 5) is 15.3. The summed E-state index contributed by atoms with van der Waals surface area (Å²) in [5.74, 6) is 0.581. The number of nitrogens with zero attached hydrogens (tertiary/aromatic N) is 1. The van der Waals surface area contributed by atoms with E-state index in [9.17, 15) is 13.2 Å². The van der Waals surface area contributed by atoms with Crippen LogP contribution < -0.4 is 15.4 Å². The fourth-order valence-electron chi connectivity index (χ4n) is 3.75. The Labute approximate surface area is 194 Å². The highest BCUT2D eigenvalue weighted by Crippen LogP contribution is 2.21. The van der Waals surface area contributed by atoms with E-state index in [1.54, 1.807) is 32.9 Å². The molecule has 0 aliphatic carbocycles. The highest BCUT2D eigenvalue weighted by Gasteiger charge is 2.24. The van der Waals surface area contributed by atoms with Gasteiger partial charge >= 0.3 is 0 Å². The predicted octanol–water partition coefficient (Wildman–Crippen LogP) is 3.46. The molecule has 2 rings (SSSR count). The summed E-state index contributed by atoms with van der Waals surface area (Å²) in [7, 11) is -1.68. The van der Waals surface area contributed by atoms with Crippen LogP contribution in [0.1, 0.15) is 57.8 Å². The van der Waals surface area contributed by atoms with Crippen molar-refractivity contribution in [2.75, 3.05) is 38.5 Å². The third-order valence-electron chi connectivity index (χ3n) is 5.14. The fraction of sp³-hybridized carbons (Fsp3) is 0.625. The van der Waals surface area contributed by atoms with E-state index in [1.165, 1.54) is 6.07 Å². The molecule has 1 aromatic carbocycles. The molecule has 0 bridgehead atoms. The van der Waals surface area contributed by atoms with Crippen LogP contribution in [0.25, 0.3) is 0 Å². The number of nitrogens with one attached hydrogen (secondary N) is 3. The molecule has 3 N–H and O–H groups in total. The lowest BCUT2D eigenvalue weighted by atomic mass is 9.98. The van der Waals surface area contributed by atoms with E-state index in [1.807, 2.05) is 6.08 Å². The summed E-state index contributed by atoms with van der Waals surface area (Å²) in [6.07, 6.45) is 6.28. The molecule has 1 amide bonds. The molecule has 32 heavy (non-hydrogen) atoms. The van der Waals surface area contributed by atoms with E-state index in [0.29, 0.717) is 36.2 Å². The maximum atomic E-state index is 12.9. The van der Waals surface area contributed by atoms with E-state index in [-0.39, 0.29) is 10.8 Å². The maximum absolute atomic E-state index is 12.9. The zero-order chi connectivity index (χ0) is 23.9. The Morgan fingerprint density at radius 2 is 1.97 bits per heavy atom. The number of amides is 1. The van der Waals surface area contributed by atoms with Gasteiger partial charge < -0.3 is 15.5 Å². The smallest absolute Gasteiger partial charge is 0.251 e. The van der Waals surface area contributed by atoms with Crippen molar-refractivity contribution in [2.24, 2.45) is 11.8 Å². The zero-order valence-corrected chi connectivity index (χ0v) is 21.2. The fourth-order valence-corrected chi connectivity index (χ4v) is 5.23.